The number of amides is 2. The fourth-order valence-electron chi connectivity index (χ4n) is 3.31. The summed E-state index contributed by atoms with van der Waals surface area (Å²) in [5, 5.41) is 3.05. The zero-order chi connectivity index (χ0) is 24.7. The van der Waals surface area contributed by atoms with E-state index in [2.05, 4.69) is 4.98 Å². The maximum Gasteiger partial charge on any atom is 0.482 e. The molecule has 0 atom stereocenters. The van der Waals surface area contributed by atoms with Crippen molar-refractivity contribution in [3.63, 3.8) is 0 Å². The van der Waals surface area contributed by atoms with Crippen LogP contribution in [0.1, 0.15) is 20.8 Å². The number of anilines is 1. The Morgan fingerprint density at radius 1 is 1.15 bits per heavy atom. The first-order valence-corrected chi connectivity index (χ1v) is 12.1. The molecule has 1 aliphatic heterocycles. The first kappa shape index (κ1) is 24.1. The van der Waals surface area contributed by atoms with E-state index < -0.39 is 17.6 Å². The predicted octanol–water partition coefficient (Wildman–Crippen LogP) is 3.93. The van der Waals surface area contributed by atoms with Gasteiger partial charge in [0, 0.05) is 43.3 Å². The third-order valence-corrected chi connectivity index (χ3v) is 6.82. The van der Waals surface area contributed by atoms with E-state index in [1.807, 2.05) is 25.7 Å². The summed E-state index contributed by atoms with van der Waals surface area (Å²) in [4.78, 5) is 36.0. The molecule has 0 radical (unpaired) electrons. The number of hydrogen-bond acceptors (Lipinski definition) is 9. The number of hydrogen-bond donors (Lipinski definition) is 1. The van der Waals surface area contributed by atoms with Crippen molar-refractivity contribution in [1.29, 1.82) is 0 Å². The van der Waals surface area contributed by atoms with Crippen LogP contribution in [0.3, 0.4) is 0 Å². The van der Waals surface area contributed by atoms with Gasteiger partial charge in [-0.3, -0.25) is 4.79 Å². The van der Waals surface area contributed by atoms with Crippen molar-refractivity contribution in [3.05, 3.63) is 23.7 Å². The van der Waals surface area contributed by atoms with Gasteiger partial charge in [0.2, 0.25) is 0 Å². The minimum absolute atomic E-state index is 0.199. The van der Waals surface area contributed by atoms with Crippen LogP contribution in [0.5, 0.6) is 5.75 Å². The molecule has 4 rings (SSSR count). The molecule has 1 fully saturated rings. The first-order valence-electron chi connectivity index (χ1n) is 10.4. The van der Waals surface area contributed by atoms with Gasteiger partial charge in [0.05, 0.1) is 10.2 Å². The second-order valence-electron chi connectivity index (χ2n) is 8.56. The molecule has 2 aromatic heterocycles. The van der Waals surface area contributed by atoms with Gasteiger partial charge in [-0.15, -0.1) is 11.3 Å². The number of nitrogens with two attached hydrogens (primary N) is 1. The molecule has 0 unspecified atom stereocenters. The lowest BCUT2D eigenvalue weighted by atomic mass is 10.2. The van der Waals surface area contributed by atoms with Crippen LogP contribution in [0.4, 0.5) is 18.7 Å². The molecule has 13 heteroatoms. The molecule has 3 aromatic rings. The molecule has 1 aliphatic rings. The second kappa shape index (κ2) is 8.95. The average molecular weight is 512 g/mol. The molecule has 182 valence electrons. The largest absolute Gasteiger partial charge is 0.482 e. The molecule has 1 aromatic carbocycles. The quantitative estimate of drug-likeness (QED) is 0.552. The Hall–Kier alpha value is -3.06. The summed E-state index contributed by atoms with van der Waals surface area (Å²) in [6.45, 7) is 7.25. The summed E-state index contributed by atoms with van der Waals surface area (Å²) in [6, 6.07) is 2.94. The fourth-order valence-corrected chi connectivity index (χ4v) is 5.07. The molecule has 3 heterocycles. The van der Waals surface area contributed by atoms with E-state index in [9.17, 15) is 18.4 Å². The Morgan fingerprint density at radius 3 is 2.44 bits per heavy atom. The molecular formula is C21H23F2N5O4S2. The summed E-state index contributed by atoms with van der Waals surface area (Å²) in [5.74, 6) is -2.08. The van der Waals surface area contributed by atoms with Crippen molar-refractivity contribution in [2.24, 2.45) is 5.73 Å². The number of nitrogens with zero attached hydrogens (tertiary/aromatic N) is 4. The van der Waals surface area contributed by atoms with Gasteiger partial charge >= 0.3 is 18.1 Å². The van der Waals surface area contributed by atoms with Crippen LogP contribution in [0.15, 0.2) is 23.7 Å². The number of piperazine rings is 1. The summed E-state index contributed by atoms with van der Waals surface area (Å²) < 4.78 is 38.4. The van der Waals surface area contributed by atoms with Gasteiger partial charge in [0.25, 0.3) is 0 Å². The van der Waals surface area contributed by atoms with E-state index in [-0.39, 0.29) is 11.8 Å². The highest BCUT2D eigenvalue weighted by molar-refractivity contribution is 7.22. The van der Waals surface area contributed by atoms with Crippen LogP contribution >= 0.6 is 22.7 Å². The van der Waals surface area contributed by atoms with Gasteiger partial charge < -0.3 is 25.0 Å². The van der Waals surface area contributed by atoms with E-state index in [1.165, 1.54) is 17.4 Å². The minimum atomic E-state index is -4.17. The van der Waals surface area contributed by atoms with E-state index in [0.717, 1.165) is 11.3 Å². The number of fused-ring (bicyclic) bond motifs is 1. The fraction of sp³-hybridized carbons (Fsp3) is 0.429. The number of rotatable bonds is 5. The van der Waals surface area contributed by atoms with Gasteiger partial charge in [-0.25, -0.2) is 14.8 Å². The standard InChI is InChI=1S/C21H23F2N5O4S2/c1-20(2,3)32-19(30)28-9-7-27(8-10-28)18-26-14-12(16-25-6-11-33-16)4-5-13(15(14)34-18)31-21(22,23)17(24)29/h4-6,11H,7-10H2,1-3H3,(H2,24,29). The van der Waals surface area contributed by atoms with Crippen LogP contribution in [-0.4, -0.2) is 64.8 Å². The predicted molar refractivity (Wildman–Crippen MR) is 126 cm³/mol. The molecule has 2 N–H and O–H groups in total. The second-order valence-corrected chi connectivity index (χ2v) is 10.4. The molecule has 0 aliphatic carbocycles. The summed E-state index contributed by atoms with van der Waals surface area (Å²) in [7, 11) is 0. The van der Waals surface area contributed by atoms with Crippen molar-refractivity contribution < 1.29 is 27.8 Å². The Bertz CT molecular complexity index is 1200. The highest BCUT2D eigenvalue weighted by Crippen LogP contribution is 2.42. The molecule has 2 amide bonds. The number of primary amides is 1. The Kier molecular flexibility index (Phi) is 6.34. The van der Waals surface area contributed by atoms with E-state index in [4.69, 9.17) is 20.2 Å². The zero-order valence-corrected chi connectivity index (χ0v) is 20.3. The number of alkyl halides is 2. The van der Waals surface area contributed by atoms with E-state index in [0.29, 0.717) is 52.1 Å². The van der Waals surface area contributed by atoms with E-state index >= 15 is 0 Å². The lowest BCUT2D eigenvalue weighted by molar-refractivity contribution is -0.188. The van der Waals surface area contributed by atoms with Crippen LogP contribution in [0.25, 0.3) is 20.8 Å². The Balaban J connectivity index is 1.63. The first-order chi connectivity index (χ1) is 15.9. The van der Waals surface area contributed by atoms with Gasteiger partial charge in [-0.1, -0.05) is 11.3 Å². The number of benzene rings is 1. The third kappa shape index (κ3) is 5.04. The molecular weight excluding hydrogens is 488 g/mol. The van der Waals surface area contributed by atoms with Crippen molar-refractivity contribution in [2.75, 3.05) is 31.1 Å². The number of aromatic nitrogens is 2. The molecule has 0 saturated carbocycles. The van der Waals surface area contributed by atoms with Crippen molar-refractivity contribution in [3.8, 4) is 16.3 Å². The van der Waals surface area contributed by atoms with Gasteiger partial charge in [0.1, 0.15) is 16.4 Å². The third-order valence-electron chi connectivity index (χ3n) is 4.89. The summed E-state index contributed by atoms with van der Waals surface area (Å²) >= 11 is 2.55. The molecule has 34 heavy (non-hydrogen) atoms. The molecule has 9 nitrogen and oxygen atoms in total. The zero-order valence-electron chi connectivity index (χ0n) is 18.7. The maximum atomic E-state index is 13.9. The minimum Gasteiger partial charge on any atom is -0.444 e. The van der Waals surface area contributed by atoms with Crippen LogP contribution in [-0.2, 0) is 9.53 Å². The Labute approximate surface area is 202 Å². The number of thiazole rings is 2. The molecule has 0 bridgehead atoms. The number of ether oxygens (including phenoxy) is 2. The number of halogens is 2. The topological polar surface area (TPSA) is 111 Å². The average Bonchev–Trinajstić information content (AvgIpc) is 3.43. The van der Waals surface area contributed by atoms with Gasteiger partial charge in [-0.2, -0.15) is 8.78 Å². The normalized spacial score (nSPS) is 15.0. The SMILES string of the molecule is CC(C)(C)OC(=O)N1CCN(c2nc3c(-c4nccs4)ccc(OC(F)(F)C(N)=O)c3s2)CC1. The van der Waals surface area contributed by atoms with Crippen molar-refractivity contribution in [1.82, 2.24) is 14.9 Å². The monoisotopic (exact) mass is 511 g/mol. The summed E-state index contributed by atoms with van der Waals surface area (Å²) in [6.07, 6.45) is -2.91. The van der Waals surface area contributed by atoms with E-state index in [1.54, 1.807) is 22.5 Å². The number of carbonyl (C=O) groups excluding carboxylic acids is 2. The lowest BCUT2D eigenvalue weighted by Crippen LogP contribution is -2.50. The lowest BCUT2D eigenvalue weighted by Gasteiger charge is -2.35. The highest BCUT2D eigenvalue weighted by Gasteiger charge is 2.41. The van der Waals surface area contributed by atoms with Gasteiger partial charge in [-0.05, 0) is 32.9 Å². The molecule has 1 saturated heterocycles. The molecule has 0 spiro atoms. The smallest absolute Gasteiger partial charge is 0.444 e. The van der Waals surface area contributed by atoms with Crippen molar-refractivity contribution >= 4 is 50.0 Å². The van der Waals surface area contributed by atoms with Crippen molar-refractivity contribution in [2.45, 2.75) is 32.5 Å². The Morgan fingerprint density at radius 2 is 1.85 bits per heavy atom. The number of carbonyl (C=O) groups is 2. The van der Waals surface area contributed by atoms with Crippen LogP contribution < -0.4 is 15.4 Å². The maximum absolute atomic E-state index is 13.9. The van der Waals surface area contributed by atoms with Gasteiger partial charge in [0.15, 0.2) is 5.13 Å². The van der Waals surface area contributed by atoms with Crippen LogP contribution in [0.2, 0.25) is 0 Å². The highest BCUT2D eigenvalue weighted by atomic mass is 32.1. The summed E-state index contributed by atoms with van der Waals surface area (Å²) in [5.41, 5.74) is 5.29. The van der Waals surface area contributed by atoms with Crippen LogP contribution in [0, 0.1) is 0 Å².